The van der Waals surface area contributed by atoms with Crippen molar-refractivity contribution in [3.8, 4) is 0 Å². The van der Waals surface area contributed by atoms with Gasteiger partial charge in [-0.2, -0.15) is 0 Å². The fraction of sp³-hybridized carbons (Fsp3) is 0.538. The molecule has 6 heteroatoms. The molecule has 0 amide bonds. The Morgan fingerprint density at radius 3 is 2.32 bits per heavy atom. The van der Waals surface area contributed by atoms with E-state index in [9.17, 15) is 15.3 Å². The number of aliphatic hydroxyl groups is 4. The molecule has 1 saturated heterocycles. The quantitative estimate of drug-likeness (QED) is 0.558. The maximum Gasteiger partial charge on any atom is 0.184 e. The first-order valence-electron chi connectivity index (χ1n) is 6.11. The van der Waals surface area contributed by atoms with Gasteiger partial charge in [-0.05, 0) is 0 Å². The Morgan fingerprint density at radius 1 is 1.05 bits per heavy atom. The van der Waals surface area contributed by atoms with Gasteiger partial charge >= 0.3 is 0 Å². The van der Waals surface area contributed by atoms with Crippen LogP contribution in [0, 0.1) is 0 Å². The normalized spacial score (nSPS) is 30.2. The highest BCUT2D eigenvalue weighted by Crippen LogP contribution is 2.33. The number of benzene rings is 1. The predicted molar refractivity (Wildman–Crippen MR) is 65.1 cm³/mol. The summed E-state index contributed by atoms with van der Waals surface area (Å²) in [4.78, 5) is 0. The van der Waals surface area contributed by atoms with Crippen molar-refractivity contribution < 1.29 is 29.9 Å². The Kier molecular flexibility index (Phi) is 4.87. The number of hydrogen-bond donors (Lipinski definition) is 4. The average Bonchev–Trinajstić information content (AvgIpc) is 2.90. The topological polar surface area (TPSA) is 99.4 Å². The van der Waals surface area contributed by atoms with Crippen molar-refractivity contribution >= 4 is 0 Å². The summed E-state index contributed by atoms with van der Waals surface area (Å²) in [6.45, 7) is -0.932. The highest BCUT2D eigenvalue weighted by Gasteiger charge is 2.42. The molecule has 5 atom stereocenters. The largest absolute Gasteiger partial charge is 0.394 e. The lowest BCUT2D eigenvalue weighted by Gasteiger charge is -2.23. The maximum absolute atomic E-state index is 9.86. The summed E-state index contributed by atoms with van der Waals surface area (Å²) in [5.41, 5.74) is 0.758. The van der Waals surface area contributed by atoms with Crippen LogP contribution in [0.25, 0.3) is 0 Å². The summed E-state index contributed by atoms with van der Waals surface area (Å²) in [5.74, 6) is 0. The predicted octanol–water partition coefficient (Wildman–Crippen LogP) is -0.824. The van der Waals surface area contributed by atoms with E-state index in [-0.39, 0.29) is 6.61 Å². The molecular formula is C13H18O6. The second-order valence-corrected chi connectivity index (χ2v) is 4.44. The standard InChI is InChI=1S/C13H18O6/c14-6-9(16)11(17)12-10(7-15)18-13(19-12)8-4-2-1-3-5-8/h1-5,9-17H,6-7H2/t9-,10+,11+,12+,13?/m0/s1. The highest BCUT2D eigenvalue weighted by atomic mass is 16.7. The minimum Gasteiger partial charge on any atom is -0.394 e. The smallest absolute Gasteiger partial charge is 0.184 e. The van der Waals surface area contributed by atoms with Gasteiger partial charge in [0.1, 0.15) is 24.4 Å². The summed E-state index contributed by atoms with van der Waals surface area (Å²) >= 11 is 0. The lowest BCUT2D eigenvalue weighted by Crippen LogP contribution is -2.45. The molecule has 1 aliphatic heterocycles. The second-order valence-electron chi connectivity index (χ2n) is 4.44. The first-order chi connectivity index (χ1) is 9.17. The van der Waals surface area contributed by atoms with Crippen LogP contribution in [0.1, 0.15) is 11.9 Å². The Bertz CT molecular complexity index is 384. The van der Waals surface area contributed by atoms with Crippen LogP contribution < -0.4 is 0 Å². The minimum atomic E-state index is -1.34. The zero-order chi connectivity index (χ0) is 13.8. The van der Waals surface area contributed by atoms with E-state index in [0.717, 1.165) is 5.56 Å². The first-order valence-corrected chi connectivity index (χ1v) is 6.11. The van der Waals surface area contributed by atoms with Crippen molar-refractivity contribution in [1.29, 1.82) is 0 Å². The third-order valence-electron chi connectivity index (χ3n) is 3.12. The molecule has 1 unspecified atom stereocenters. The molecule has 0 saturated carbocycles. The van der Waals surface area contributed by atoms with E-state index >= 15 is 0 Å². The van der Waals surface area contributed by atoms with Crippen molar-refractivity contribution in [2.75, 3.05) is 13.2 Å². The summed E-state index contributed by atoms with van der Waals surface area (Å²) in [5, 5.41) is 37.4. The van der Waals surface area contributed by atoms with E-state index in [2.05, 4.69) is 0 Å². The molecule has 1 heterocycles. The summed E-state index contributed by atoms with van der Waals surface area (Å²) in [6, 6.07) is 9.10. The van der Waals surface area contributed by atoms with Crippen LogP contribution in [0.3, 0.4) is 0 Å². The first kappa shape index (κ1) is 14.4. The molecule has 1 aliphatic rings. The van der Waals surface area contributed by atoms with Crippen LogP contribution in [-0.2, 0) is 9.47 Å². The Morgan fingerprint density at radius 2 is 1.74 bits per heavy atom. The fourth-order valence-electron chi connectivity index (χ4n) is 2.04. The van der Waals surface area contributed by atoms with E-state index in [1.165, 1.54) is 0 Å². The molecule has 1 fully saturated rings. The summed E-state index contributed by atoms with van der Waals surface area (Å²) in [6.07, 6.45) is -5.00. The third-order valence-corrected chi connectivity index (χ3v) is 3.12. The van der Waals surface area contributed by atoms with Gasteiger partial charge in [-0.15, -0.1) is 0 Å². The molecule has 4 N–H and O–H groups in total. The van der Waals surface area contributed by atoms with Crippen molar-refractivity contribution in [3.05, 3.63) is 35.9 Å². The molecule has 1 aromatic carbocycles. The van der Waals surface area contributed by atoms with Gasteiger partial charge in [-0.3, -0.25) is 0 Å². The Balaban J connectivity index is 2.09. The Hall–Kier alpha value is -1.02. The molecule has 6 nitrogen and oxygen atoms in total. The number of ether oxygens (including phenoxy) is 2. The van der Waals surface area contributed by atoms with Gasteiger partial charge in [0.25, 0.3) is 0 Å². The molecule has 2 rings (SSSR count). The number of rotatable bonds is 5. The van der Waals surface area contributed by atoms with E-state index in [1.54, 1.807) is 12.1 Å². The van der Waals surface area contributed by atoms with Crippen molar-refractivity contribution in [2.45, 2.75) is 30.7 Å². The molecule has 0 radical (unpaired) electrons. The molecule has 0 bridgehead atoms. The van der Waals surface area contributed by atoms with Gasteiger partial charge in [0.2, 0.25) is 0 Å². The van der Waals surface area contributed by atoms with Crippen LogP contribution in [0.2, 0.25) is 0 Å². The molecule has 0 aliphatic carbocycles. The van der Waals surface area contributed by atoms with E-state index in [0.29, 0.717) is 0 Å². The van der Waals surface area contributed by atoms with Crippen LogP contribution >= 0.6 is 0 Å². The van der Waals surface area contributed by atoms with E-state index < -0.39 is 37.3 Å². The molecule has 1 aromatic rings. The fourth-order valence-corrected chi connectivity index (χ4v) is 2.04. The maximum atomic E-state index is 9.86. The molecule has 106 valence electrons. The van der Waals surface area contributed by atoms with Crippen molar-refractivity contribution in [1.82, 2.24) is 0 Å². The van der Waals surface area contributed by atoms with Crippen LogP contribution in [0.4, 0.5) is 0 Å². The molecule has 19 heavy (non-hydrogen) atoms. The van der Waals surface area contributed by atoms with Gasteiger partial charge in [0.15, 0.2) is 6.29 Å². The second kappa shape index (κ2) is 6.42. The van der Waals surface area contributed by atoms with Crippen molar-refractivity contribution in [3.63, 3.8) is 0 Å². The Labute approximate surface area is 110 Å². The van der Waals surface area contributed by atoms with Crippen molar-refractivity contribution in [2.24, 2.45) is 0 Å². The lowest BCUT2D eigenvalue weighted by atomic mass is 10.0. The number of aliphatic hydroxyl groups excluding tert-OH is 4. The highest BCUT2D eigenvalue weighted by molar-refractivity contribution is 5.17. The van der Waals surface area contributed by atoms with Crippen LogP contribution in [0.5, 0.6) is 0 Å². The average molecular weight is 270 g/mol. The lowest BCUT2D eigenvalue weighted by molar-refractivity contribution is -0.113. The summed E-state index contributed by atoms with van der Waals surface area (Å²) < 4.78 is 11.0. The van der Waals surface area contributed by atoms with Gasteiger partial charge in [-0.1, -0.05) is 30.3 Å². The molecule has 0 aromatic heterocycles. The van der Waals surface area contributed by atoms with Gasteiger partial charge in [-0.25, -0.2) is 0 Å². The molecule has 0 spiro atoms. The van der Waals surface area contributed by atoms with Crippen LogP contribution in [-0.4, -0.2) is 58.1 Å². The van der Waals surface area contributed by atoms with Crippen LogP contribution in [0.15, 0.2) is 30.3 Å². The molecular weight excluding hydrogens is 252 g/mol. The van der Waals surface area contributed by atoms with E-state index in [1.807, 2.05) is 18.2 Å². The van der Waals surface area contributed by atoms with Gasteiger partial charge in [0.05, 0.1) is 13.2 Å². The van der Waals surface area contributed by atoms with Gasteiger partial charge in [0, 0.05) is 5.56 Å². The zero-order valence-electron chi connectivity index (χ0n) is 10.3. The third kappa shape index (κ3) is 3.11. The zero-order valence-corrected chi connectivity index (χ0v) is 10.3. The SMILES string of the molecule is OC[C@H](O)[C@@H](O)[C@@H]1OC(c2ccccc2)O[C@@H]1CO. The number of hydrogen-bond acceptors (Lipinski definition) is 6. The minimum absolute atomic E-state index is 0.344. The van der Waals surface area contributed by atoms with Gasteiger partial charge < -0.3 is 29.9 Å². The van der Waals surface area contributed by atoms with E-state index in [4.69, 9.17) is 14.6 Å². The monoisotopic (exact) mass is 270 g/mol. The summed E-state index contributed by atoms with van der Waals surface area (Å²) in [7, 11) is 0.